The Morgan fingerprint density at radius 2 is 0.329 bits per heavy atom. The van der Waals surface area contributed by atoms with Gasteiger partial charge in [-0.25, -0.2) is 0 Å². The highest BCUT2D eigenvalue weighted by Crippen LogP contribution is 2.20. The monoisotopic (exact) mass is 1160 g/mol. The van der Waals surface area contributed by atoms with E-state index in [-0.39, 0.29) is 31.1 Å². The molecule has 0 bridgehead atoms. The molecule has 488 valence electrons. The molecule has 0 rings (SSSR count). The lowest BCUT2D eigenvalue weighted by molar-refractivity contribution is -0.167. The van der Waals surface area contributed by atoms with Crippen LogP contribution in [0.5, 0.6) is 0 Å². The number of unbranched alkanes of at least 4 members (excludes halogenated alkanes) is 61. The Bertz CT molecular complexity index is 1240. The Kier molecular flexibility index (Phi) is 70.5. The second kappa shape index (κ2) is 71.9. The zero-order valence-electron chi connectivity index (χ0n) is 56.3. The number of hydrogen-bond donors (Lipinski definition) is 0. The number of ether oxygens (including phenoxy) is 3. The second-order valence-corrected chi connectivity index (χ2v) is 26.3. The molecule has 0 fully saturated rings. The largest absolute Gasteiger partial charge is 0.462 e. The van der Waals surface area contributed by atoms with Gasteiger partial charge < -0.3 is 14.2 Å². The van der Waals surface area contributed by atoms with Gasteiger partial charge in [0.05, 0.1) is 0 Å². The third-order valence-electron chi connectivity index (χ3n) is 17.9. The highest BCUT2D eigenvalue weighted by Gasteiger charge is 2.20. The molecular weight excluding hydrogens is 1010 g/mol. The van der Waals surface area contributed by atoms with E-state index in [9.17, 15) is 14.4 Å². The molecule has 82 heavy (non-hydrogen) atoms. The third-order valence-corrected chi connectivity index (χ3v) is 17.9. The summed E-state index contributed by atoms with van der Waals surface area (Å²) in [5.74, 6) is -0.821. The number of carbonyl (C=O) groups is 3. The van der Waals surface area contributed by atoms with Gasteiger partial charge in [-0.3, -0.25) is 14.4 Å². The van der Waals surface area contributed by atoms with Crippen molar-refractivity contribution in [2.75, 3.05) is 13.2 Å². The molecule has 0 aliphatic rings. The minimum Gasteiger partial charge on any atom is -0.462 e. The van der Waals surface area contributed by atoms with Crippen LogP contribution in [-0.2, 0) is 28.6 Å². The standard InChI is InChI=1S/C76H148O6/c1-4-7-10-13-16-19-22-25-27-29-30-31-32-33-34-35-36-37-38-39-40-41-42-43-44-45-46-47-49-51-54-57-60-63-66-69-75(78)81-72-73(71-80-74(77)68-65-62-59-56-53-50-24-21-18-15-12-9-6-3)82-76(79)70-67-64-61-58-55-52-48-28-26-23-20-17-14-11-8-5-2/h73H,4-72H2,1-3H3. The summed E-state index contributed by atoms with van der Waals surface area (Å²) in [7, 11) is 0. The lowest BCUT2D eigenvalue weighted by atomic mass is 10.0. The van der Waals surface area contributed by atoms with E-state index in [2.05, 4.69) is 20.8 Å². The lowest BCUT2D eigenvalue weighted by Gasteiger charge is -2.18. The van der Waals surface area contributed by atoms with Gasteiger partial charge in [0, 0.05) is 19.3 Å². The average Bonchev–Trinajstić information content (AvgIpc) is 3.47. The second-order valence-electron chi connectivity index (χ2n) is 26.3. The van der Waals surface area contributed by atoms with Crippen LogP contribution in [-0.4, -0.2) is 37.2 Å². The number of rotatable bonds is 72. The summed E-state index contributed by atoms with van der Waals surface area (Å²) in [6.45, 7) is 6.74. The van der Waals surface area contributed by atoms with E-state index < -0.39 is 6.10 Å². The normalized spacial score (nSPS) is 11.9. The molecule has 0 radical (unpaired) electrons. The minimum atomic E-state index is -0.763. The summed E-state index contributed by atoms with van der Waals surface area (Å²) in [5.41, 5.74) is 0. The maximum absolute atomic E-state index is 12.9. The number of hydrogen-bond acceptors (Lipinski definition) is 6. The van der Waals surface area contributed by atoms with Gasteiger partial charge in [-0.15, -0.1) is 0 Å². The van der Waals surface area contributed by atoms with Crippen LogP contribution >= 0.6 is 0 Å². The van der Waals surface area contributed by atoms with E-state index in [1.807, 2.05) is 0 Å². The van der Waals surface area contributed by atoms with Crippen LogP contribution in [0.2, 0.25) is 0 Å². The van der Waals surface area contributed by atoms with Crippen LogP contribution in [0.1, 0.15) is 451 Å². The summed E-state index contributed by atoms with van der Waals surface area (Å²) < 4.78 is 17.0. The van der Waals surface area contributed by atoms with Gasteiger partial charge in [-0.2, -0.15) is 0 Å². The minimum absolute atomic E-state index is 0.0603. The molecule has 6 heteroatoms. The summed E-state index contributed by atoms with van der Waals surface area (Å²) >= 11 is 0. The first kappa shape index (κ1) is 80.4. The van der Waals surface area contributed by atoms with E-state index >= 15 is 0 Å². The lowest BCUT2D eigenvalue weighted by Crippen LogP contribution is -2.30. The first-order valence-electron chi connectivity index (χ1n) is 38.0. The molecule has 0 saturated heterocycles. The fraction of sp³-hybridized carbons (Fsp3) is 0.961. The van der Waals surface area contributed by atoms with Crippen LogP contribution in [0.15, 0.2) is 0 Å². The molecule has 6 nitrogen and oxygen atoms in total. The fourth-order valence-corrected chi connectivity index (χ4v) is 12.2. The van der Waals surface area contributed by atoms with Crippen molar-refractivity contribution < 1.29 is 28.6 Å². The Hall–Kier alpha value is -1.59. The molecule has 0 heterocycles. The van der Waals surface area contributed by atoms with Gasteiger partial charge in [-0.05, 0) is 19.3 Å². The van der Waals surface area contributed by atoms with Crippen LogP contribution < -0.4 is 0 Å². The van der Waals surface area contributed by atoms with Crippen LogP contribution in [0.3, 0.4) is 0 Å². The van der Waals surface area contributed by atoms with E-state index in [1.54, 1.807) is 0 Å². The summed E-state index contributed by atoms with van der Waals surface area (Å²) in [4.78, 5) is 38.4. The average molecular weight is 1160 g/mol. The van der Waals surface area contributed by atoms with E-state index in [1.165, 1.54) is 353 Å². The molecule has 0 saturated carbocycles. The van der Waals surface area contributed by atoms with E-state index in [0.717, 1.165) is 57.8 Å². The Balaban J connectivity index is 4.01. The first-order chi connectivity index (χ1) is 40.5. The number of carbonyl (C=O) groups excluding carboxylic acids is 3. The zero-order chi connectivity index (χ0) is 59.2. The third kappa shape index (κ3) is 69.2. The molecule has 0 aromatic heterocycles. The zero-order valence-corrected chi connectivity index (χ0v) is 56.3. The van der Waals surface area contributed by atoms with E-state index in [0.29, 0.717) is 19.3 Å². The highest BCUT2D eigenvalue weighted by molar-refractivity contribution is 5.71. The first-order valence-corrected chi connectivity index (χ1v) is 38.0. The van der Waals surface area contributed by atoms with Gasteiger partial charge in [0.25, 0.3) is 0 Å². The highest BCUT2D eigenvalue weighted by atomic mass is 16.6. The van der Waals surface area contributed by atoms with Crippen molar-refractivity contribution in [2.24, 2.45) is 0 Å². The molecule has 0 aromatic carbocycles. The SMILES string of the molecule is CCCCCCCCCCCCCCCCCCCCCCCCCCCCCCCCCCCCCC(=O)OCC(COC(=O)CCCCCCCCCCCCCCC)OC(=O)CCCCCCCCCCCCCCCCCC. The topological polar surface area (TPSA) is 78.9 Å². The summed E-state index contributed by atoms with van der Waals surface area (Å²) in [6, 6.07) is 0. The number of esters is 3. The summed E-state index contributed by atoms with van der Waals surface area (Å²) in [5, 5.41) is 0. The Morgan fingerprint density at radius 1 is 0.195 bits per heavy atom. The Morgan fingerprint density at radius 3 is 0.488 bits per heavy atom. The molecule has 1 atom stereocenters. The summed E-state index contributed by atoms with van der Waals surface area (Å²) in [6.07, 6.45) is 86.0. The van der Waals surface area contributed by atoms with E-state index in [4.69, 9.17) is 14.2 Å². The predicted molar refractivity (Wildman–Crippen MR) is 358 cm³/mol. The van der Waals surface area contributed by atoms with Crippen molar-refractivity contribution in [3.05, 3.63) is 0 Å². The maximum atomic E-state index is 12.9. The molecule has 0 aromatic rings. The van der Waals surface area contributed by atoms with Gasteiger partial charge >= 0.3 is 17.9 Å². The molecule has 0 spiro atoms. The van der Waals surface area contributed by atoms with Crippen molar-refractivity contribution >= 4 is 17.9 Å². The molecule has 0 aliphatic carbocycles. The van der Waals surface area contributed by atoms with Crippen molar-refractivity contribution in [1.29, 1.82) is 0 Å². The van der Waals surface area contributed by atoms with Crippen LogP contribution in [0, 0.1) is 0 Å². The van der Waals surface area contributed by atoms with Gasteiger partial charge in [-0.1, -0.05) is 412 Å². The molecule has 0 amide bonds. The van der Waals surface area contributed by atoms with Crippen LogP contribution in [0.4, 0.5) is 0 Å². The van der Waals surface area contributed by atoms with Gasteiger partial charge in [0.1, 0.15) is 13.2 Å². The fourth-order valence-electron chi connectivity index (χ4n) is 12.2. The smallest absolute Gasteiger partial charge is 0.306 e. The maximum Gasteiger partial charge on any atom is 0.306 e. The molecule has 0 N–H and O–H groups in total. The van der Waals surface area contributed by atoms with Crippen LogP contribution in [0.25, 0.3) is 0 Å². The van der Waals surface area contributed by atoms with Crippen molar-refractivity contribution in [3.63, 3.8) is 0 Å². The van der Waals surface area contributed by atoms with Crippen molar-refractivity contribution in [2.45, 2.75) is 457 Å². The van der Waals surface area contributed by atoms with Crippen molar-refractivity contribution in [1.82, 2.24) is 0 Å². The molecular formula is C76H148O6. The molecule has 0 aliphatic heterocycles. The quantitative estimate of drug-likeness (QED) is 0.0343. The predicted octanol–water partition coefficient (Wildman–Crippen LogP) is 26.2. The van der Waals surface area contributed by atoms with Gasteiger partial charge in [0.15, 0.2) is 6.10 Å². The molecule has 1 unspecified atom stereocenters. The van der Waals surface area contributed by atoms with Crippen molar-refractivity contribution in [3.8, 4) is 0 Å². The Labute approximate surface area is 514 Å². The van der Waals surface area contributed by atoms with Gasteiger partial charge in [0.2, 0.25) is 0 Å².